The lowest BCUT2D eigenvalue weighted by atomic mass is 10.0. The van der Waals surface area contributed by atoms with E-state index < -0.39 is 0 Å². The Labute approximate surface area is 103 Å². The number of rotatable bonds is 3. The first-order valence-corrected chi connectivity index (χ1v) is 6.31. The molecule has 1 aromatic rings. The fourth-order valence-electron chi connectivity index (χ4n) is 1.84. The molecule has 1 fully saturated rings. The van der Waals surface area contributed by atoms with Crippen molar-refractivity contribution >= 4 is 21.6 Å². The minimum absolute atomic E-state index is 0.199. The lowest BCUT2D eigenvalue weighted by Crippen LogP contribution is -2.22. The highest BCUT2D eigenvalue weighted by Crippen LogP contribution is 2.21. The standard InChI is InChI=1S/C12H15BrFNO/c13-10-1-2-11(14)12(7-10)15-8-9-3-5-16-6-4-9/h1-2,7,9,15H,3-6,8H2. The summed E-state index contributed by atoms with van der Waals surface area (Å²) in [5.74, 6) is 0.391. The quantitative estimate of drug-likeness (QED) is 0.920. The third-order valence-corrected chi connectivity index (χ3v) is 3.34. The van der Waals surface area contributed by atoms with Gasteiger partial charge in [-0.2, -0.15) is 0 Å². The first-order chi connectivity index (χ1) is 7.75. The van der Waals surface area contributed by atoms with Crippen molar-refractivity contribution < 1.29 is 9.13 Å². The molecule has 88 valence electrons. The van der Waals surface area contributed by atoms with E-state index in [1.54, 1.807) is 12.1 Å². The van der Waals surface area contributed by atoms with Crippen molar-refractivity contribution in [1.82, 2.24) is 0 Å². The Hall–Kier alpha value is -0.610. The molecule has 0 aliphatic carbocycles. The molecule has 1 aromatic carbocycles. The van der Waals surface area contributed by atoms with Crippen LogP contribution in [-0.4, -0.2) is 19.8 Å². The normalized spacial score (nSPS) is 17.4. The molecule has 1 N–H and O–H groups in total. The van der Waals surface area contributed by atoms with Crippen molar-refractivity contribution in [3.8, 4) is 0 Å². The summed E-state index contributed by atoms with van der Waals surface area (Å²) in [6.45, 7) is 2.47. The fourth-order valence-corrected chi connectivity index (χ4v) is 2.20. The molecule has 1 saturated heterocycles. The molecule has 1 heterocycles. The lowest BCUT2D eigenvalue weighted by molar-refractivity contribution is 0.0699. The summed E-state index contributed by atoms with van der Waals surface area (Å²) in [6.07, 6.45) is 2.12. The minimum Gasteiger partial charge on any atom is -0.382 e. The van der Waals surface area contributed by atoms with E-state index >= 15 is 0 Å². The lowest BCUT2D eigenvalue weighted by Gasteiger charge is -2.22. The summed E-state index contributed by atoms with van der Waals surface area (Å²) in [7, 11) is 0. The summed E-state index contributed by atoms with van der Waals surface area (Å²) in [5.41, 5.74) is 0.570. The van der Waals surface area contributed by atoms with Gasteiger partial charge in [-0.3, -0.25) is 0 Å². The van der Waals surface area contributed by atoms with Crippen molar-refractivity contribution in [2.24, 2.45) is 5.92 Å². The maximum Gasteiger partial charge on any atom is 0.146 e. The van der Waals surface area contributed by atoms with Gasteiger partial charge >= 0.3 is 0 Å². The fraction of sp³-hybridized carbons (Fsp3) is 0.500. The van der Waals surface area contributed by atoms with Crippen molar-refractivity contribution in [2.45, 2.75) is 12.8 Å². The van der Waals surface area contributed by atoms with Gasteiger partial charge in [0.15, 0.2) is 0 Å². The van der Waals surface area contributed by atoms with E-state index in [1.807, 2.05) is 0 Å². The predicted octanol–water partition coefficient (Wildman–Crippen LogP) is 3.43. The highest BCUT2D eigenvalue weighted by atomic mass is 79.9. The maximum atomic E-state index is 13.4. The van der Waals surface area contributed by atoms with E-state index in [-0.39, 0.29) is 5.82 Å². The van der Waals surface area contributed by atoms with Crippen LogP contribution in [0.15, 0.2) is 22.7 Å². The van der Waals surface area contributed by atoms with Gasteiger partial charge in [-0.1, -0.05) is 15.9 Å². The van der Waals surface area contributed by atoms with Crippen LogP contribution < -0.4 is 5.32 Å². The Morgan fingerprint density at radius 1 is 1.38 bits per heavy atom. The molecular weight excluding hydrogens is 273 g/mol. The molecule has 1 aliphatic heterocycles. The zero-order valence-electron chi connectivity index (χ0n) is 9.01. The highest BCUT2D eigenvalue weighted by Gasteiger charge is 2.14. The molecule has 1 aliphatic rings. The van der Waals surface area contributed by atoms with Gasteiger partial charge in [0, 0.05) is 24.2 Å². The molecule has 0 atom stereocenters. The Morgan fingerprint density at radius 3 is 2.88 bits per heavy atom. The second-order valence-electron chi connectivity index (χ2n) is 4.06. The summed E-state index contributed by atoms with van der Waals surface area (Å²) in [5, 5.41) is 3.16. The summed E-state index contributed by atoms with van der Waals surface area (Å²) < 4.78 is 19.6. The van der Waals surface area contributed by atoms with E-state index in [1.165, 1.54) is 6.07 Å². The Balaban J connectivity index is 1.90. The number of hydrogen-bond acceptors (Lipinski definition) is 2. The SMILES string of the molecule is Fc1ccc(Br)cc1NCC1CCOCC1. The van der Waals surface area contributed by atoms with Crippen LogP contribution >= 0.6 is 15.9 Å². The van der Waals surface area contributed by atoms with Gasteiger partial charge in [0.05, 0.1) is 5.69 Å². The smallest absolute Gasteiger partial charge is 0.146 e. The molecule has 0 saturated carbocycles. The van der Waals surface area contributed by atoms with Crippen LogP contribution in [-0.2, 0) is 4.74 Å². The second kappa shape index (κ2) is 5.64. The molecule has 0 aromatic heterocycles. The average Bonchev–Trinajstić information content (AvgIpc) is 2.32. The zero-order chi connectivity index (χ0) is 11.4. The Bertz CT molecular complexity index is 353. The van der Waals surface area contributed by atoms with Gasteiger partial charge in [-0.15, -0.1) is 0 Å². The molecule has 2 nitrogen and oxygen atoms in total. The van der Waals surface area contributed by atoms with Crippen LogP contribution in [0.4, 0.5) is 10.1 Å². The van der Waals surface area contributed by atoms with Gasteiger partial charge in [-0.05, 0) is 37.0 Å². The monoisotopic (exact) mass is 287 g/mol. The largest absolute Gasteiger partial charge is 0.382 e. The molecule has 0 radical (unpaired) electrons. The van der Waals surface area contributed by atoms with Crippen LogP contribution in [0.5, 0.6) is 0 Å². The summed E-state index contributed by atoms with van der Waals surface area (Å²) in [6, 6.07) is 4.94. The number of halogens is 2. The molecular formula is C12H15BrFNO. The van der Waals surface area contributed by atoms with E-state index in [9.17, 15) is 4.39 Å². The van der Waals surface area contributed by atoms with Crippen LogP contribution in [0.2, 0.25) is 0 Å². The molecule has 16 heavy (non-hydrogen) atoms. The molecule has 4 heteroatoms. The van der Waals surface area contributed by atoms with E-state index in [2.05, 4.69) is 21.2 Å². The van der Waals surface area contributed by atoms with E-state index in [0.29, 0.717) is 11.6 Å². The first kappa shape index (κ1) is 11.9. The molecule has 0 spiro atoms. The molecule has 0 amide bonds. The zero-order valence-corrected chi connectivity index (χ0v) is 10.6. The predicted molar refractivity (Wildman–Crippen MR) is 66.1 cm³/mol. The number of benzene rings is 1. The topological polar surface area (TPSA) is 21.3 Å². The maximum absolute atomic E-state index is 13.4. The molecule has 2 rings (SSSR count). The van der Waals surface area contributed by atoms with Gasteiger partial charge in [-0.25, -0.2) is 4.39 Å². The van der Waals surface area contributed by atoms with Gasteiger partial charge in [0.2, 0.25) is 0 Å². The third-order valence-electron chi connectivity index (χ3n) is 2.85. The van der Waals surface area contributed by atoms with E-state index in [0.717, 1.165) is 37.1 Å². The van der Waals surface area contributed by atoms with Crippen molar-refractivity contribution in [3.63, 3.8) is 0 Å². The second-order valence-corrected chi connectivity index (χ2v) is 4.98. The average molecular weight is 288 g/mol. The first-order valence-electron chi connectivity index (χ1n) is 5.52. The third kappa shape index (κ3) is 3.19. The number of nitrogens with one attached hydrogen (secondary N) is 1. The van der Waals surface area contributed by atoms with E-state index in [4.69, 9.17) is 4.74 Å². The van der Waals surface area contributed by atoms with Crippen molar-refractivity contribution in [2.75, 3.05) is 25.1 Å². The number of ether oxygens (including phenoxy) is 1. The van der Waals surface area contributed by atoms with Gasteiger partial charge < -0.3 is 10.1 Å². The molecule has 0 unspecified atom stereocenters. The van der Waals surface area contributed by atoms with Gasteiger partial charge in [0.25, 0.3) is 0 Å². The number of anilines is 1. The molecule has 0 bridgehead atoms. The summed E-state index contributed by atoms with van der Waals surface area (Å²) >= 11 is 3.34. The Kier molecular flexibility index (Phi) is 4.18. The van der Waals surface area contributed by atoms with Crippen molar-refractivity contribution in [1.29, 1.82) is 0 Å². The van der Waals surface area contributed by atoms with Crippen LogP contribution in [0.1, 0.15) is 12.8 Å². The Morgan fingerprint density at radius 2 is 2.12 bits per heavy atom. The van der Waals surface area contributed by atoms with Crippen LogP contribution in [0, 0.1) is 11.7 Å². The van der Waals surface area contributed by atoms with Crippen LogP contribution in [0.3, 0.4) is 0 Å². The minimum atomic E-state index is -0.199. The number of hydrogen-bond donors (Lipinski definition) is 1. The highest BCUT2D eigenvalue weighted by molar-refractivity contribution is 9.10. The van der Waals surface area contributed by atoms with Gasteiger partial charge in [0.1, 0.15) is 5.82 Å². The summed E-state index contributed by atoms with van der Waals surface area (Å²) in [4.78, 5) is 0. The van der Waals surface area contributed by atoms with Crippen molar-refractivity contribution in [3.05, 3.63) is 28.5 Å². The van der Waals surface area contributed by atoms with Crippen LogP contribution in [0.25, 0.3) is 0 Å².